The number of anilines is 1. The van der Waals surface area contributed by atoms with Gasteiger partial charge in [0, 0.05) is 43.4 Å². The second-order valence-electron chi connectivity index (χ2n) is 7.93. The van der Waals surface area contributed by atoms with Crippen LogP contribution in [-0.2, 0) is 5.60 Å². The number of nitrogens with one attached hydrogen (secondary N) is 2. The van der Waals surface area contributed by atoms with Crippen LogP contribution in [0.25, 0.3) is 17.0 Å². The Kier molecular flexibility index (Phi) is 5.14. The first-order chi connectivity index (χ1) is 13.8. The quantitative estimate of drug-likeness (QED) is 0.612. The first kappa shape index (κ1) is 19.6. The number of hydrogen-bond acceptors (Lipinski definition) is 6. The third-order valence-electron chi connectivity index (χ3n) is 5.15. The standard InChI is InChI=1S/C21H26FN5O2/c1-21(2,28)15-12-27-17(11-24-20(27)8-18(15)29-3)16-5-4-6-19(26-16)25-14-7-13(22)9-23-10-14/h4-6,8,11-14,23,28H,7,9-10H2,1-3H3,(H,25,26). The summed E-state index contributed by atoms with van der Waals surface area (Å²) in [6.45, 7) is 4.54. The topological polar surface area (TPSA) is 83.7 Å². The predicted octanol–water partition coefficient (Wildman–Crippen LogP) is 2.74. The lowest BCUT2D eigenvalue weighted by Crippen LogP contribution is -2.44. The van der Waals surface area contributed by atoms with E-state index in [0.717, 1.165) is 11.4 Å². The van der Waals surface area contributed by atoms with E-state index in [9.17, 15) is 9.50 Å². The first-order valence-electron chi connectivity index (χ1n) is 9.72. The second-order valence-corrected chi connectivity index (χ2v) is 7.93. The molecule has 1 aliphatic heterocycles. The van der Waals surface area contributed by atoms with Gasteiger partial charge in [0.05, 0.1) is 30.3 Å². The molecule has 0 bridgehead atoms. The summed E-state index contributed by atoms with van der Waals surface area (Å²) in [5.41, 5.74) is 1.80. The minimum atomic E-state index is -1.07. The normalized spacial score (nSPS) is 20.0. The summed E-state index contributed by atoms with van der Waals surface area (Å²) in [5, 5.41) is 16.9. The molecule has 4 rings (SSSR count). The zero-order valence-electron chi connectivity index (χ0n) is 16.8. The van der Waals surface area contributed by atoms with Crippen LogP contribution in [0.3, 0.4) is 0 Å². The fraction of sp³-hybridized carbons (Fsp3) is 0.429. The molecule has 3 aromatic rings. The van der Waals surface area contributed by atoms with Crippen molar-refractivity contribution < 1.29 is 14.2 Å². The van der Waals surface area contributed by atoms with Gasteiger partial charge < -0.3 is 20.5 Å². The van der Waals surface area contributed by atoms with E-state index in [1.54, 1.807) is 33.2 Å². The van der Waals surface area contributed by atoms with E-state index in [2.05, 4.69) is 15.6 Å². The maximum absolute atomic E-state index is 13.6. The van der Waals surface area contributed by atoms with E-state index in [1.807, 2.05) is 28.8 Å². The molecule has 2 unspecified atom stereocenters. The molecule has 3 N–H and O–H groups in total. The Morgan fingerprint density at radius 3 is 2.90 bits per heavy atom. The number of aliphatic hydroxyl groups is 1. The van der Waals surface area contributed by atoms with Crippen molar-refractivity contribution >= 4 is 11.5 Å². The summed E-state index contributed by atoms with van der Waals surface area (Å²) in [5.74, 6) is 1.27. The molecule has 1 saturated heterocycles. The monoisotopic (exact) mass is 399 g/mol. The number of imidazole rings is 1. The molecule has 0 radical (unpaired) electrons. The van der Waals surface area contributed by atoms with Crippen molar-refractivity contribution in [1.29, 1.82) is 0 Å². The van der Waals surface area contributed by atoms with Gasteiger partial charge in [-0.1, -0.05) is 6.07 Å². The Hall–Kier alpha value is -2.71. The van der Waals surface area contributed by atoms with Crippen molar-refractivity contribution in [2.24, 2.45) is 0 Å². The van der Waals surface area contributed by atoms with Crippen molar-refractivity contribution in [3.05, 3.63) is 42.2 Å². The van der Waals surface area contributed by atoms with Crippen LogP contribution in [0.4, 0.5) is 10.2 Å². The maximum atomic E-state index is 13.6. The van der Waals surface area contributed by atoms with Crippen LogP contribution in [0.2, 0.25) is 0 Å². The number of hydrogen-bond donors (Lipinski definition) is 3. The lowest BCUT2D eigenvalue weighted by molar-refractivity contribution is 0.0752. The zero-order chi connectivity index (χ0) is 20.6. The highest BCUT2D eigenvalue weighted by Gasteiger charge is 2.24. The van der Waals surface area contributed by atoms with Gasteiger partial charge in [-0.2, -0.15) is 0 Å². The van der Waals surface area contributed by atoms with E-state index in [-0.39, 0.29) is 6.04 Å². The highest BCUT2D eigenvalue weighted by molar-refractivity contribution is 5.64. The number of rotatable bonds is 5. The number of pyridine rings is 2. The molecule has 0 saturated carbocycles. The summed E-state index contributed by atoms with van der Waals surface area (Å²) in [4.78, 5) is 9.17. The summed E-state index contributed by atoms with van der Waals surface area (Å²) in [6, 6.07) is 7.48. The molecule has 0 aliphatic carbocycles. The second kappa shape index (κ2) is 7.61. The molecule has 1 aliphatic rings. The van der Waals surface area contributed by atoms with Gasteiger partial charge in [0.15, 0.2) is 0 Å². The van der Waals surface area contributed by atoms with Gasteiger partial charge in [0.1, 0.15) is 23.4 Å². The van der Waals surface area contributed by atoms with Crippen LogP contribution < -0.4 is 15.4 Å². The molecule has 0 amide bonds. The Morgan fingerprint density at radius 2 is 2.17 bits per heavy atom. The van der Waals surface area contributed by atoms with E-state index < -0.39 is 11.8 Å². The molecule has 154 valence electrons. The van der Waals surface area contributed by atoms with Crippen molar-refractivity contribution in [2.45, 2.75) is 38.1 Å². The molecule has 0 spiro atoms. The Labute approximate surface area is 168 Å². The Bertz CT molecular complexity index is 1010. The number of alkyl halides is 1. The molecule has 0 aromatic carbocycles. The van der Waals surface area contributed by atoms with E-state index >= 15 is 0 Å². The highest BCUT2D eigenvalue weighted by atomic mass is 19.1. The van der Waals surface area contributed by atoms with E-state index in [4.69, 9.17) is 9.72 Å². The molecular formula is C21H26FN5O2. The third kappa shape index (κ3) is 4.04. The fourth-order valence-corrected chi connectivity index (χ4v) is 3.69. The van der Waals surface area contributed by atoms with Gasteiger partial charge >= 0.3 is 0 Å². The number of ether oxygens (including phenoxy) is 1. The van der Waals surface area contributed by atoms with Crippen molar-refractivity contribution in [2.75, 3.05) is 25.5 Å². The number of nitrogens with zero attached hydrogens (tertiary/aromatic N) is 3. The van der Waals surface area contributed by atoms with Gasteiger partial charge in [0.25, 0.3) is 0 Å². The SMILES string of the molecule is COc1cc2ncc(-c3cccc(NC4CNCC(F)C4)n3)n2cc1C(C)(C)O. The minimum absolute atomic E-state index is 0.00487. The van der Waals surface area contributed by atoms with Crippen LogP contribution in [0.15, 0.2) is 36.7 Å². The Morgan fingerprint density at radius 1 is 1.34 bits per heavy atom. The largest absolute Gasteiger partial charge is 0.496 e. The molecule has 1 fully saturated rings. The fourth-order valence-electron chi connectivity index (χ4n) is 3.69. The van der Waals surface area contributed by atoms with Gasteiger partial charge in [0.2, 0.25) is 0 Å². The molecular weight excluding hydrogens is 373 g/mol. The molecule has 3 aromatic heterocycles. The van der Waals surface area contributed by atoms with E-state index in [0.29, 0.717) is 42.3 Å². The van der Waals surface area contributed by atoms with Crippen molar-refractivity contribution in [3.63, 3.8) is 0 Å². The Balaban J connectivity index is 1.69. The predicted molar refractivity (Wildman–Crippen MR) is 110 cm³/mol. The molecule has 8 heteroatoms. The summed E-state index contributed by atoms with van der Waals surface area (Å²) in [6.07, 6.45) is 3.19. The summed E-state index contributed by atoms with van der Waals surface area (Å²) < 4.78 is 21.0. The third-order valence-corrected chi connectivity index (χ3v) is 5.15. The van der Waals surface area contributed by atoms with Crippen LogP contribution in [-0.4, -0.2) is 51.9 Å². The highest BCUT2D eigenvalue weighted by Crippen LogP contribution is 2.32. The number of aromatic nitrogens is 3. The molecule has 7 nitrogen and oxygen atoms in total. The number of methoxy groups -OCH3 is 1. The van der Waals surface area contributed by atoms with Gasteiger partial charge in [-0.25, -0.2) is 14.4 Å². The lowest BCUT2D eigenvalue weighted by Gasteiger charge is -2.26. The van der Waals surface area contributed by atoms with Crippen LogP contribution in [0, 0.1) is 0 Å². The maximum Gasteiger partial charge on any atom is 0.140 e. The van der Waals surface area contributed by atoms with Crippen LogP contribution in [0.5, 0.6) is 5.75 Å². The van der Waals surface area contributed by atoms with Gasteiger partial charge in [-0.15, -0.1) is 0 Å². The van der Waals surface area contributed by atoms with Crippen LogP contribution in [0.1, 0.15) is 25.8 Å². The minimum Gasteiger partial charge on any atom is -0.496 e. The van der Waals surface area contributed by atoms with Gasteiger partial charge in [-0.05, 0) is 26.0 Å². The zero-order valence-corrected chi connectivity index (χ0v) is 16.8. The molecule has 29 heavy (non-hydrogen) atoms. The van der Waals surface area contributed by atoms with Crippen LogP contribution >= 0.6 is 0 Å². The number of fused-ring (bicyclic) bond motifs is 1. The summed E-state index contributed by atoms with van der Waals surface area (Å²) >= 11 is 0. The average Bonchev–Trinajstić information content (AvgIpc) is 3.09. The smallest absolute Gasteiger partial charge is 0.140 e. The van der Waals surface area contributed by atoms with Crippen molar-refractivity contribution in [3.8, 4) is 17.1 Å². The van der Waals surface area contributed by atoms with Gasteiger partial charge in [-0.3, -0.25) is 4.40 Å². The lowest BCUT2D eigenvalue weighted by atomic mass is 9.99. The molecule has 4 heterocycles. The average molecular weight is 399 g/mol. The first-order valence-corrected chi connectivity index (χ1v) is 9.72. The number of piperidine rings is 1. The van der Waals surface area contributed by atoms with E-state index in [1.165, 1.54) is 0 Å². The van der Waals surface area contributed by atoms with Crippen molar-refractivity contribution in [1.82, 2.24) is 19.7 Å². The number of halogens is 1. The summed E-state index contributed by atoms with van der Waals surface area (Å²) in [7, 11) is 1.57. The molecule has 2 atom stereocenters.